The van der Waals surface area contributed by atoms with Crippen LogP contribution in [0.25, 0.3) is 0 Å². The summed E-state index contributed by atoms with van der Waals surface area (Å²) in [4.78, 5) is 20.2. The van der Waals surface area contributed by atoms with Gasteiger partial charge in [-0.05, 0) is 61.0 Å². The molecule has 1 aromatic heterocycles. The molecule has 0 fully saturated rings. The van der Waals surface area contributed by atoms with Crippen molar-refractivity contribution in [1.82, 2.24) is 9.97 Å². The third-order valence-electron chi connectivity index (χ3n) is 5.13. The average molecular weight is 508 g/mol. The van der Waals surface area contributed by atoms with Gasteiger partial charge in [0.1, 0.15) is 22.3 Å². The zero-order valence-electron chi connectivity index (χ0n) is 19.1. The van der Waals surface area contributed by atoms with Gasteiger partial charge >= 0.3 is 10.1 Å². The van der Waals surface area contributed by atoms with Gasteiger partial charge in [-0.3, -0.25) is 4.79 Å². The second-order valence-corrected chi connectivity index (χ2v) is 9.28. The molecule has 36 heavy (non-hydrogen) atoms. The zero-order chi connectivity index (χ0) is 25.7. The number of carbonyl (C=O) groups is 1. The number of nitrogens with two attached hydrogens (primary N) is 1. The maximum absolute atomic E-state index is 13.1. The molecule has 0 aliphatic heterocycles. The van der Waals surface area contributed by atoms with Crippen molar-refractivity contribution in [2.75, 3.05) is 10.6 Å². The lowest BCUT2D eigenvalue weighted by Crippen LogP contribution is -2.18. The van der Waals surface area contributed by atoms with Crippen LogP contribution in [0.15, 0.2) is 90.0 Å². The molecule has 0 aliphatic carbocycles. The summed E-state index contributed by atoms with van der Waals surface area (Å²) >= 11 is 0. The fourth-order valence-electron chi connectivity index (χ4n) is 3.26. The van der Waals surface area contributed by atoms with Crippen molar-refractivity contribution in [2.24, 2.45) is 5.73 Å². The van der Waals surface area contributed by atoms with Gasteiger partial charge < -0.3 is 20.6 Å². The number of halogens is 1. The second kappa shape index (κ2) is 10.4. The summed E-state index contributed by atoms with van der Waals surface area (Å²) < 4.78 is 42.9. The van der Waals surface area contributed by atoms with Crippen LogP contribution in [0.4, 0.5) is 21.8 Å². The first kappa shape index (κ1) is 24.6. The number of nitrogens with one attached hydrogen (secondary N) is 2. The van der Waals surface area contributed by atoms with Gasteiger partial charge in [0.2, 0.25) is 5.95 Å². The van der Waals surface area contributed by atoms with Gasteiger partial charge in [-0.1, -0.05) is 30.3 Å². The van der Waals surface area contributed by atoms with Crippen molar-refractivity contribution in [1.29, 1.82) is 0 Å². The highest BCUT2D eigenvalue weighted by atomic mass is 32.2. The first-order chi connectivity index (χ1) is 17.2. The van der Waals surface area contributed by atoms with E-state index in [4.69, 9.17) is 9.92 Å². The molecule has 1 unspecified atom stereocenters. The third kappa shape index (κ3) is 5.94. The first-order valence-electron chi connectivity index (χ1n) is 10.8. The summed E-state index contributed by atoms with van der Waals surface area (Å²) in [5.74, 6) is -0.706. The molecular formula is C25H22FN5O4S. The first-order valence-corrected chi connectivity index (χ1v) is 12.2. The minimum absolute atomic E-state index is 0.0638. The van der Waals surface area contributed by atoms with Gasteiger partial charge in [0.25, 0.3) is 5.91 Å². The van der Waals surface area contributed by atoms with Crippen molar-refractivity contribution in [3.8, 4) is 5.75 Å². The van der Waals surface area contributed by atoms with Crippen LogP contribution in [-0.4, -0.2) is 24.3 Å². The van der Waals surface area contributed by atoms with E-state index in [2.05, 4.69) is 20.6 Å². The minimum Gasteiger partial charge on any atom is -0.379 e. The maximum Gasteiger partial charge on any atom is 0.339 e. The van der Waals surface area contributed by atoms with Crippen molar-refractivity contribution < 1.29 is 21.8 Å². The van der Waals surface area contributed by atoms with E-state index in [0.29, 0.717) is 5.69 Å². The lowest BCUT2D eigenvalue weighted by atomic mass is 10.1. The van der Waals surface area contributed by atoms with E-state index in [1.165, 1.54) is 18.3 Å². The van der Waals surface area contributed by atoms with Gasteiger partial charge in [-0.25, -0.2) is 9.37 Å². The highest BCUT2D eigenvalue weighted by Crippen LogP contribution is 2.25. The summed E-state index contributed by atoms with van der Waals surface area (Å²) in [6, 6.07) is 19.8. The molecule has 1 amide bonds. The van der Waals surface area contributed by atoms with Gasteiger partial charge in [0.05, 0.1) is 5.56 Å². The summed E-state index contributed by atoms with van der Waals surface area (Å²) in [5.41, 5.74) is 7.15. The number of hydrogen-bond donors (Lipinski definition) is 3. The Bertz CT molecular complexity index is 1470. The summed E-state index contributed by atoms with van der Waals surface area (Å²) in [7, 11) is -4.12. The Morgan fingerprint density at radius 2 is 1.67 bits per heavy atom. The minimum atomic E-state index is -4.12. The Hall–Kier alpha value is -4.51. The van der Waals surface area contributed by atoms with E-state index in [1.807, 2.05) is 37.3 Å². The standard InChI is InChI=1S/C25H22FN5O4S/c1-16(17-5-3-2-4-6-17)29-24-22(23(27)32)15-28-25(31-24)30-19-9-11-20(12-10-19)35-36(33,34)21-13-7-18(26)8-14-21/h2-16H,1H3,(H2,27,32)(H2,28,29,30,31). The number of aromatic nitrogens is 2. The number of primary amides is 1. The van der Waals surface area contributed by atoms with E-state index in [9.17, 15) is 17.6 Å². The Balaban J connectivity index is 1.49. The maximum atomic E-state index is 13.1. The number of amides is 1. The molecule has 4 aromatic rings. The fourth-order valence-corrected chi connectivity index (χ4v) is 4.19. The van der Waals surface area contributed by atoms with Gasteiger partial charge in [0.15, 0.2) is 0 Å². The molecule has 1 atom stereocenters. The smallest absolute Gasteiger partial charge is 0.339 e. The van der Waals surface area contributed by atoms with Crippen LogP contribution >= 0.6 is 0 Å². The van der Waals surface area contributed by atoms with Crippen LogP contribution in [0.2, 0.25) is 0 Å². The molecule has 0 aliphatic rings. The molecule has 0 bridgehead atoms. The highest BCUT2D eigenvalue weighted by Gasteiger charge is 2.18. The van der Waals surface area contributed by atoms with Crippen LogP contribution < -0.4 is 20.6 Å². The molecule has 0 saturated heterocycles. The Morgan fingerprint density at radius 1 is 1.00 bits per heavy atom. The predicted octanol–water partition coefficient (Wildman–Crippen LogP) is 4.40. The Labute approximate surface area is 207 Å². The van der Waals surface area contributed by atoms with Crippen LogP contribution in [-0.2, 0) is 10.1 Å². The highest BCUT2D eigenvalue weighted by molar-refractivity contribution is 7.87. The molecule has 1 heterocycles. The number of benzene rings is 3. The number of nitrogens with zero attached hydrogens (tertiary/aromatic N) is 2. The number of rotatable bonds is 9. The summed E-state index contributed by atoms with van der Waals surface area (Å²) in [6.45, 7) is 1.92. The summed E-state index contributed by atoms with van der Waals surface area (Å²) in [6.07, 6.45) is 1.32. The zero-order valence-corrected chi connectivity index (χ0v) is 19.9. The molecule has 9 nitrogen and oxygen atoms in total. The molecule has 4 rings (SSSR count). The molecule has 4 N–H and O–H groups in total. The van der Waals surface area contributed by atoms with Gasteiger partial charge in [-0.15, -0.1) is 0 Å². The molecule has 0 saturated carbocycles. The van der Waals surface area contributed by atoms with Crippen molar-refractivity contribution >= 4 is 33.5 Å². The van der Waals surface area contributed by atoms with Crippen LogP contribution in [0.5, 0.6) is 5.75 Å². The monoisotopic (exact) mass is 507 g/mol. The van der Waals surface area contributed by atoms with Crippen molar-refractivity contribution in [2.45, 2.75) is 17.9 Å². The Morgan fingerprint density at radius 3 is 2.31 bits per heavy atom. The molecule has 0 radical (unpaired) electrons. The van der Waals surface area contributed by atoms with Gasteiger partial charge in [0, 0.05) is 17.9 Å². The molecule has 11 heteroatoms. The SMILES string of the molecule is CC(Nc1nc(Nc2ccc(OS(=O)(=O)c3ccc(F)cc3)cc2)ncc1C(N)=O)c1ccccc1. The summed E-state index contributed by atoms with van der Waals surface area (Å²) in [5, 5.41) is 6.18. The average Bonchev–Trinajstić information content (AvgIpc) is 2.86. The van der Waals surface area contributed by atoms with Gasteiger partial charge in [-0.2, -0.15) is 13.4 Å². The fraction of sp³-hybridized carbons (Fsp3) is 0.0800. The van der Waals surface area contributed by atoms with E-state index in [-0.39, 0.29) is 34.0 Å². The van der Waals surface area contributed by atoms with E-state index in [1.54, 1.807) is 12.1 Å². The molecular weight excluding hydrogens is 485 g/mol. The normalized spacial score (nSPS) is 11.9. The lowest BCUT2D eigenvalue weighted by molar-refractivity contribution is 0.100. The largest absolute Gasteiger partial charge is 0.379 e. The Kier molecular flexibility index (Phi) is 7.11. The number of anilines is 3. The third-order valence-corrected chi connectivity index (χ3v) is 6.39. The van der Waals surface area contributed by atoms with Crippen molar-refractivity contribution in [3.05, 3.63) is 102 Å². The second-order valence-electron chi connectivity index (χ2n) is 7.74. The molecule has 184 valence electrons. The van der Waals surface area contributed by atoms with Crippen LogP contribution in [0, 0.1) is 5.82 Å². The van der Waals surface area contributed by atoms with Crippen LogP contribution in [0.3, 0.4) is 0 Å². The lowest BCUT2D eigenvalue weighted by Gasteiger charge is -2.17. The van der Waals surface area contributed by atoms with E-state index >= 15 is 0 Å². The van der Waals surface area contributed by atoms with Crippen LogP contribution in [0.1, 0.15) is 28.9 Å². The molecule has 3 aromatic carbocycles. The number of hydrogen-bond acceptors (Lipinski definition) is 8. The number of carbonyl (C=O) groups excluding carboxylic acids is 1. The topological polar surface area (TPSA) is 136 Å². The predicted molar refractivity (Wildman–Crippen MR) is 133 cm³/mol. The van der Waals surface area contributed by atoms with Crippen molar-refractivity contribution in [3.63, 3.8) is 0 Å². The van der Waals surface area contributed by atoms with E-state index < -0.39 is 21.8 Å². The quantitative estimate of drug-likeness (QED) is 0.284. The molecule has 0 spiro atoms. The van der Waals surface area contributed by atoms with E-state index in [0.717, 1.165) is 29.8 Å².